The lowest BCUT2D eigenvalue weighted by Gasteiger charge is -2.16. The number of halogens is 2. The van der Waals surface area contributed by atoms with E-state index in [1.54, 1.807) is 12.3 Å². The first-order chi connectivity index (χ1) is 16.8. The highest BCUT2D eigenvalue weighted by Gasteiger charge is 2.16. The van der Waals surface area contributed by atoms with Crippen LogP contribution in [0, 0.1) is 11.6 Å². The average molecular weight is 502 g/mol. The van der Waals surface area contributed by atoms with Crippen LogP contribution in [0.2, 0.25) is 0 Å². The van der Waals surface area contributed by atoms with E-state index in [1.165, 1.54) is 18.2 Å². The number of nitrogens with zero attached hydrogens (tertiary/aromatic N) is 3. The van der Waals surface area contributed by atoms with Crippen molar-refractivity contribution in [2.24, 2.45) is 4.36 Å². The Hall–Kier alpha value is -3.27. The molecule has 0 radical (unpaired) electrons. The van der Waals surface area contributed by atoms with E-state index in [2.05, 4.69) is 25.0 Å². The van der Waals surface area contributed by atoms with Crippen molar-refractivity contribution in [1.29, 1.82) is 0 Å². The molecule has 1 aliphatic rings. The van der Waals surface area contributed by atoms with E-state index in [9.17, 15) is 13.0 Å². The van der Waals surface area contributed by atoms with Gasteiger partial charge in [-0.1, -0.05) is 0 Å². The smallest absolute Gasteiger partial charge is 0.227 e. The molecule has 0 spiro atoms. The number of benzene rings is 2. The Bertz CT molecular complexity index is 1330. The van der Waals surface area contributed by atoms with Gasteiger partial charge >= 0.3 is 0 Å². The molecular formula is C25H29F2N5O2S. The molecule has 0 fully saturated rings. The molecule has 1 atom stereocenters. The molecule has 186 valence electrons. The van der Waals surface area contributed by atoms with Crippen LogP contribution in [-0.4, -0.2) is 40.1 Å². The largest absolute Gasteiger partial charge is 0.494 e. The molecule has 4 rings (SSSR count). The van der Waals surface area contributed by atoms with Gasteiger partial charge in [-0.25, -0.2) is 27.3 Å². The van der Waals surface area contributed by atoms with E-state index in [0.717, 1.165) is 31.0 Å². The Morgan fingerprint density at radius 1 is 1.14 bits per heavy atom. The highest BCUT2D eigenvalue weighted by Crippen LogP contribution is 2.31. The standard InChI is InChI=1S/C25H29F2N5O2S/c1-3-30-35(2,33)16-17-11-19-14-20(12-17)34-10-6-4-5-9-28-23-13-18(26)7-8-21(23)24-22(27)15-29-25(31-19)32-24/h7-8,11-15,28H,3-6,9-10,16H2,1-2H3,(H,29,31,32). The van der Waals surface area contributed by atoms with Gasteiger partial charge in [0.15, 0.2) is 5.82 Å². The zero-order valence-corrected chi connectivity index (χ0v) is 20.6. The van der Waals surface area contributed by atoms with Crippen molar-refractivity contribution in [3.63, 3.8) is 0 Å². The number of rotatable bonds is 3. The molecule has 35 heavy (non-hydrogen) atoms. The van der Waals surface area contributed by atoms with Gasteiger partial charge in [-0.3, -0.25) is 0 Å². The Morgan fingerprint density at radius 3 is 2.83 bits per heavy atom. The van der Waals surface area contributed by atoms with Crippen molar-refractivity contribution >= 4 is 27.1 Å². The summed E-state index contributed by atoms with van der Waals surface area (Å²) in [6.07, 6.45) is 5.28. The van der Waals surface area contributed by atoms with Crippen LogP contribution in [0.1, 0.15) is 31.7 Å². The Morgan fingerprint density at radius 2 is 2.00 bits per heavy atom. The lowest BCUT2D eigenvalue weighted by molar-refractivity contribution is 0.306. The molecule has 1 unspecified atom stereocenters. The van der Waals surface area contributed by atoms with Gasteiger partial charge in [-0.15, -0.1) is 0 Å². The van der Waals surface area contributed by atoms with Crippen LogP contribution in [0.25, 0.3) is 11.3 Å². The van der Waals surface area contributed by atoms with E-state index in [1.807, 2.05) is 19.1 Å². The van der Waals surface area contributed by atoms with E-state index in [-0.39, 0.29) is 17.4 Å². The van der Waals surface area contributed by atoms with Crippen LogP contribution >= 0.6 is 0 Å². The van der Waals surface area contributed by atoms with Gasteiger partial charge in [-0.2, -0.15) is 0 Å². The molecule has 1 aliphatic heterocycles. The topological polar surface area (TPSA) is 88.5 Å². The number of anilines is 3. The molecule has 2 N–H and O–H groups in total. The van der Waals surface area contributed by atoms with Crippen LogP contribution in [-0.2, 0) is 15.5 Å². The molecule has 7 nitrogen and oxygen atoms in total. The second kappa shape index (κ2) is 11.0. The maximum atomic E-state index is 14.8. The Labute approximate surface area is 204 Å². The lowest BCUT2D eigenvalue weighted by Crippen LogP contribution is -2.08. The van der Waals surface area contributed by atoms with Gasteiger partial charge in [0.2, 0.25) is 5.95 Å². The summed E-state index contributed by atoms with van der Waals surface area (Å²) < 4.78 is 51.7. The minimum absolute atomic E-state index is 0.0584. The van der Waals surface area contributed by atoms with Crippen molar-refractivity contribution in [2.45, 2.75) is 31.9 Å². The van der Waals surface area contributed by atoms with Crippen molar-refractivity contribution in [3.8, 4) is 17.0 Å². The molecule has 10 heteroatoms. The third-order valence-electron chi connectivity index (χ3n) is 5.45. The van der Waals surface area contributed by atoms with Crippen LogP contribution in [0.3, 0.4) is 0 Å². The third kappa shape index (κ3) is 6.66. The molecule has 1 aromatic heterocycles. The third-order valence-corrected chi connectivity index (χ3v) is 7.12. The fourth-order valence-electron chi connectivity index (χ4n) is 3.96. The van der Waals surface area contributed by atoms with E-state index in [4.69, 9.17) is 4.74 Å². The zero-order chi connectivity index (χ0) is 24.8. The van der Waals surface area contributed by atoms with Gasteiger partial charge < -0.3 is 15.4 Å². The summed E-state index contributed by atoms with van der Waals surface area (Å²) in [5, 5.41) is 6.31. The summed E-state index contributed by atoms with van der Waals surface area (Å²) >= 11 is 0. The monoisotopic (exact) mass is 501 g/mol. The minimum Gasteiger partial charge on any atom is -0.494 e. The first kappa shape index (κ1) is 24.8. The van der Waals surface area contributed by atoms with Crippen molar-refractivity contribution in [3.05, 3.63) is 59.8 Å². The number of aromatic nitrogens is 2. The molecule has 4 bridgehead atoms. The first-order valence-electron chi connectivity index (χ1n) is 11.6. The van der Waals surface area contributed by atoms with Gasteiger partial charge in [-0.05, 0) is 62.1 Å². The number of nitrogens with one attached hydrogen (secondary N) is 2. The van der Waals surface area contributed by atoms with E-state index < -0.39 is 21.4 Å². The fraction of sp³-hybridized carbons (Fsp3) is 0.360. The molecule has 0 amide bonds. The second-order valence-corrected chi connectivity index (χ2v) is 10.9. The first-order valence-corrected chi connectivity index (χ1v) is 13.7. The van der Waals surface area contributed by atoms with Crippen molar-refractivity contribution in [1.82, 2.24) is 9.97 Å². The molecule has 0 aliphatic carbocycles. The van der Waals surface area contributed by atoms with Gasteiger partial charge in [0.05, 0.1) is 18.6 Å². The summed E-state index contributed by atoms with van der Waals surface area (Å²) in [5.41, 5.74) is 2.39. The summed E-state index contributed by atoms with van der Waals surface area (Å²) in [7, 11) is -2.40. The molecule has 3 aromatic rings. The maximum absolute atomic E-state index is 14.8. The fourth-order valence-corrected chi connectivity index (χ4v) is 5.38. The number of hydrogen-bond acceptors (Lipinski definition) is 7. The molecule has 0 saturated carbocycles. The van der Waals surface area contributed by atoms with E-state index in [0.29, 0.717) is 42.4 Å². The van der Waals surface area contributed by atoms with Crippen LogP contribution < -0.4 is 15.4 Å². The zero-order valence-electron chi connectivity index (χ0n) is 19.8. The average Bonchev–Trinajstić information content (AvgIpc) is 2.79. The van der Waals surface area contributed by atoms with Gasteiger partial charge in [0.25, 0.3) is 0 Å². The molecule has 0 saturated heterocycles. The number of hydrogen-bond donors (Lipinski definition) is 2. The summed E-state index contributed by atoms with van der Waals surface area (Å²) in [6, 6.07) is 9.64. The summed E-state index contributed by atoms with van der Waals surface area (Å²) in [5.74, 6) is 0.0364. The number of fused-ring (bicyclic) bond motifs is 6. The van der Waals surface area contributed by atoms with Crippen LogP contribution in [0.15, 0.2) is 47.0 Å². The summed E-state index contributed by atoms with van der Waals surface area (Å²) in [4.78, 5) is 8.47. The van der Waals surface area contributed by atoms with E-state index >= 15 is 0 Å². The summed E-state index contributed by atoms with van der Waals surface area (Å²) in [6.45, 7) is 3.45. The minimum atomic E-state index is -2.40. The lowest BCUT2D eigenvalue weighted by atomic mass is 10.1. The van der Waals surface area contributed by atoms with Crippen LogP contribution in [0.4, 0.5) is 26.1 Å². The maximum Gasteiger partial charge on any atom is 0.227 e. The van der Waals surface area contributed by atoms with Crippen molar-refractivity contribution < 1.29 is 17.7 Å². The molecular weight excluding hydrogens is 472 g/mol. The molecule has 2 aromatic carbocycles. The molecule has 2 heterocycles. The predicted octanol–water partition coefficient (Wildman–Crippen LogP) is 5.76. The number of ether oxygens (including phenoxy) is 1. The SMILES string of the molecule is CCN=S(C)(=O)Cc1cc2cc(c1)OCCCCCNc1cc(F)ccc1-c1nc(ncc1F)N2. The van der Waals surface area contributed by atoms with Gasteiger partial charge in [0, 0.05) is 52.1 Å². The predicted molar refractivity (Wildman–Crippen MR) is 136 cm³/mol. The highest BCUT2D eigenvalue weighted by molar-refractivity contribution is 7.92. The highest BCUT2D eigenvalue weighted by atomic mass is 32.2. The normalized spacial score (nSPS) is 15.5. The second-order valence-electron chi connectivity index (χ2n) is 8.46. The van der Waals surface area contributed by atoms with Gasteiger partial charge in [0.1, 0.15) is 17.3 Å². The van der Waals surface area contributed by atoms with Crippen molar-refractivity contribution in [2.75, 3.05) is 36.6 Å². The quantitative estimate of drug-likeness (QED) is 0.475. The Balaban J connectivity index is 1.76. The Kier molecular flexibility index (Phi) is 7.80. The van der Waals surface area contributed by atoms with Crippen LogP contribution in [0.5, 0.6) is 5.75 Å².